The van der Waals surface area contributed by atoms with Crippen molar-refractivity contribution in [3.8, 4) is 0 Å². The van der Waals surface area contributed by atoms with Gasteiger partial charge < -0.3 is 0 Å². The minimum Gasteiger partial charge on any atom is -0.243 e. The monoisotopic (exact) mass is 465 g/mol. The van der Waals surface area contributed by atoms with Gasteiger partial charge in [0.2, 0.25) is 0 Å². The Hall–Kier alpha value is -1.47. The van der Waals surface area contributed by atoms with Gasteiger partial charge in [0, 0.05) is 12.1 Å². The molecular formula is C26H24FeN3P+2. The van der Waals surface area contributed by atoms with E-state index in [1.54, 1.807) is 6.20 Å². The van der Waals surface area contributed by atoms with E-state index in [4.69, 9.17) is 0 Å². The van der Waals surface area contributed by atoms with Crippen molar-refractivity contribution < 1.29 is 17.1 Å². The molecule has 154 valence electrons. The Bertz CT molecular complexity index is 806. The fourth-order valence-electron chi connectivity index (χ4n) is 3.56. The molecule has 3 aromatic rings. The standard InChI is InChI=1S/C21H19N3P.C5H5.Fe/c1-17(20-13-8-14-21(20)24-16-15-22-23-24)25(18-9-4-2-5-10-18)19-11-6-3-7-12-19;1-2-4-5-3-1;/h2-17H,1H3;1-5H;/q;;+2/t17-;;/m1../s1. The van der Waals surface area contributed by atoms with E-state index in [0.29, 0.717) is 5.66 Å². The molecule has 0 saturated heterocycles. The normalized spacial score (nSPS) is 17.7. The largest absolute Gasteiger partial charge is 2.00 e. The molecule has 0 spiro atoms. The van der Waals surface area contributed by atoms with Crippen LogP contribution in [0.2, 0.25) is 0 Å². The SMILES string of the molecule is C[C@H]([C]1[CH][CH][CH][C]1n1ccnn1)P(c1ccccc1)c1ccccc1.[CH]1[CH][CH][CH][CH]1.[Fe+2]. The molecule has 2 fully saturated rings. The molecule has 1 atom stereocenters. The van der Waals surface area contributed by atoms with E-state index in [0.717, 1.165) is 6.04 Å². The summed E-state index contributed by atoms with van der Waals surface area (Å²) in [6.07, 6.45) is 20.1. The summed E-state index contributed by atoms with van der Waals surface area (Å²) >= 11 is 0. The van der Waals surface area contributed by atoms with Gasteiger partial charge in [0.05, 0.1) is 6.20 Å². The van der Waals surface area contributed by atoms with E-state index < -0.39 is 7.92 Å². The van der Waals surface area contributed by atoms with E-state index in [-0.39, 0.29) is 17.1 Å². The van der Waals surface area contributed by atoms with Gasteiger partial charge in [0.25, 0.3) is 0 Å². The molecule has 1 heterocycles. The van der Waals surface area contributed by atoms with Gasteiger partial charge in [-0.2, -0.15) is 0 Å². The summed E-state index contributed by atoms with van der Waals surface area (Å²) in [5.41, 5.74) is 0.369. The van der Waals surface area contributed by atoms with Crippen molar-refractivity contribution in [2.24, 2.45) is 0 Å². The zero-order valence-electron chi connectivity index (χ0n) is 17.3. The van der Waals surface area contributed by atoms with Crippen LogP contribution in [-0.4, -0.2) is 20.7 Å². The van der Waals surface area contributed by atoms with Crippen molar-refractivity contribution in [3.63, 3.8) is 0 Å². The summed E-state index contributed by atoms with van der Waals surface area (Å²) in [5, 5.41) is 10.9. The minimum absolute atomic E-state index is 0. The van der Waals surface area contributed by atoms with Crippen molar-refractivity contribution >= 4 is 18.5 Å². The van der Waals surface area contributed by atoms with E-state index in [1.165, 1.54) is 16.5 Å². The molecule has 0 amide bonds. The maximum atomic E-state index is 4.18. The van der Waals surface area contributed by atoms with Crippen LogP contribution >= 0.6 is 7.92 Å². The summed E-state index contributed by atoms with van der Waals surface area (Å²) < 4.78 is 1.86. The summed E-state index contributed by atoms with van der Waals surface area (Å²) in [6.45, 7) is 2.32. The number of hydrogen-bond donors (Lipinski definition) is 0. The maximum Gasteiger partial charge on any atom is 2.00 e. The van der Waals surface area contributed by atoms with Gasteiger partial charge in [-0.3, -0.25) is 0 Å². The smallest absolute Gasteiger partial charge is 0.243 e. The first-order chi connectivity index (χ1) is 14.8. The second-order valence-electron chi connectivity index (χ2n) is 6.89. The Labute approximate surface area is 199 Å². The van der Waals surface area contributed by atoms with Crippen LogP contribution in [0.3, 0.4) is 0 Å². The fourth-order valence-corrected chi connectivity index (χ4v) is 6.23. The molecule has 3 nitrogen and oxygen atoms in total. The fraction of sp³-hybridized carbons (Fsp3) is 0.0769. The molecule has 1 aromatic heterocycles. The Morgan fingerprint density at radius 1 is 0.742 bits per heavy atom. The third-order valence-electron chi connectivity index (χ3n) is 4.96. The summed E-state index contributed by atoms with van der Waals surface area (Å²) in [6, 6.07) is 22.8. The first kappa shape index (κ1) is 24.2. The summed E-state index contributed by atoms with van der Waals surface area (Å²) in [5.74, 6) is 1.31. The average molecular weight is 465 g/mol. The molecule has 2 aromatic carbocycles. The van der Waals surface area contributed by atoms with Crippen molar-refractivity contribution in [1.29, 1.82) is 0 Å². The van der Waals surface area contributed by atoms with Crippen LogP contribution in [0.25, 0.3) is 0 Å². The van der Waals surface area contributed by atoms with Gasteiger partial charge >= 0.3 is 17.1 Å². The van der Waals surface area contributed by atoms with Gasteiger partial charge in [0.15, 0.2) is 0 Å². The molecule has 0 N–H and O–H groups in total. The van der Waals surface area contributed by atoms with Crippen LogP contribution in [0.1, 0.15) is 6.92 Å². The second-order valence-corrected chi connectivity index (χ2v) is 9.44. The van der Waals surface area contributed by atoms with Crippen LogP contribution in [0.4, 0.5) is 0 Å². The Kier molecular flexibility index (Phi) is 9.78. The third kappa shape index (κ3) is 6.28. The van der Waals surface area contributed by atoms with Gasteiger partial charge in [-0.1, -0.05) is 72.8 Å². The summed E-state index contributed by atoms with van der Waals surface area (Å²) in [7, 11) is -0.516. The van der Waals surface area contributed by atoms with E-state index in [9.17, 15) is 0 Å². The molecule has 31 heavy (non-hydrogen) atoms. The number of rotatable bonds is 5. The molecule has 2 aliphatic carbocycles. The average Bonchev–Trinajstić information content (AvgIpc) is 3.59. The molecule has 5 rings (SSSR count). The number of benzene rings is 2. The van der Waals surface area contributed by atoms with Gasteiger partial charge in [-0.05, 0) is 75.6 Å². The zero-order valence-corrected chi connectivity index (χ0v) is 19.3. The third-order valence-corrected chi connectivity index (χ3v) is 7.72. The van der Waals surface area contributed by atoms with E-state index >= 15 is 0 Å². The van der Waals surface area contributed by atoms with Crippen molar-refractivity contribution in [1.82, 2.24) is 15.0 Å². The molecule has 0 aliphatic heterocycles. The number of nitrogens with zero attached hydrogens (tertiary/aromatic N) is 3. The van der Waals surface area contributed by atoms with Crippen molar-refractivity contribution in [2.75, 3.05) is 0 Å². The second kappa shape index (κ2) is 12.5. The van der Waals surface area contributed by atoms with Crippen LogP contribution in [0.15, 0.2) is 73.1 Å². The van der Waals surface area contributed by atoms with Gasteiger partial charge in [-0.15, -0.1) is 5.10 Å². The predicted molar refractivity (Wildman–Crippen MR) is 125 cm³/mol. The molecule has 0 unspecified atom stereocenters. The Balaban J connectivity index is 0.000000401. The Morgan fingerprint density at radius 2 is 1.29 bits per heavy atom. The van der Waals surface area contributed by atoms with Crippen LogP contribution in [0, 0.1) is 63.3 Å². The molecule has 0 bridgehead atoms. The van der Waals surface area contributed by atoms with Gasteiger partial charge in [0.1, 0.15) is 6.04 Å². The maximum absolute atomic E-state index is 4.18. The van der Waals surface area contributed by atoms with Crippen LogP contribution < -0.4 is 10.6 Å². The predicted octanol–water partition coefficient (Wildman–Crippen LogP) is 4.40. The van der Waals surface area contributed by atoms with Crippen LogP contribution in [0.5, 0.6) is 0 Å². The number of hydrogen-bond acceptors (Lipinski definition) is 2. The number of aromatic nitrogens is 3. The summed E-state index contributed by atoms with van der Waals surface area (Å²) in [4.78, 5) is 0. The van der Waals surface area contributed by atoms with Crippen molar-refractivity contribution in [2.45, 2.75) is 12.6 Å². The van der Waals surface area contributed by atoms with E-state index in [2.05, 4.69) is 97.2 Å². The van der Waals surface area contributed by atoms with Crippen LogP contribution in [-0.2, 0) is 17.1 Å². The molecular weight excluding hydrogens is 441 g/mol. The quantitative estimate of drug-likeness (QED) is 0.413. The molecule has 5 heteroatoms. The molecule has 10 radical (unpaired) electrons. The minimum atomic E-state index is -0.516. The topological polar surface area (TPSA) is 30.7 Å². The molecule has 2 saturated carbocycles. The van der Waals surface area contributed by atoms with E-state index in [1.807, 2.05) is 43.0 Å². The van der Waals surface area contributed by atoms with Gasteiger partial charge in [-0.25, -0.2) is 4.68 Å². The zero-order chi connectivity index (χ0) is 20.6. The first-order valence-corrected chi connectivity index (χ1v) is 11.4. The Morgan fingerprint density at radius 3 is 1.77 bits per heavy atom. The first-order valence-electron chi connectivity index (χ1n) is 10.0. The van der Waals surface area contributed by atoms with Crippen molar-refractivity contribution in [3.05, 3.63) is 136 Å². The molecule has 2 aliphatic rings.